The molecule has 30 heavy (non-hydrogen) atoms. The second kappa shape index (κ2) is 8.02. The lowest BCUT2D eigenvalue weighted by atomic mass is 10.1. The number of nitrogens with one attached hydrogen (secondary N) is 1. The predicted molar refractivity (Wildman–Crippen MR) is 106 cm³/mol. The Kier molecular flexibility index (Phi) is 5.42. The van der Waals surface area contributed by atoms with Crippen LogP contribution in [-0.2, 0) is 6.18 Å². The molecule has 11 heteroatoms. The van der Waals surface area contributed by atoms with Gasteiger partial charge in [0.05, 0.1) is 27.7 Å². The molecule has 1 saturated heterocycles. The van der Waals surface area contributed by atoms with Gasteiger partial charge in [-0.25, -0.2) is 9.97 Å². The molecule has 3 aromatic rings. The van der Waals surface area contributed by atoms with E-state index in [0.717, 1.165) is 12.3 Å². The average Bonchev–Trinajstić information content (AvgIpc) is 2.72. The Morgan fingerprint density at radius 3 is 2.63 bits per heavy atom. The van der Waals surface area contributed by atoms with Crippen LogP contribution in [0.25, 0.3) is 11.0 Å². The third-order valence-electron chi connectivity index (χ3n) is 4.81. The number of pyridine rings is 1. The highest BCUT2D eigenvalue weighted by molar-refractivity contribution is 6.33. The van der Waals surface area contributed by atoms with Gasteiger partial charge in [-0.2, -0.15) is 18.3 Å². The van der Waals surface area contributed by atoms with Gasteiger partial charge in [0.15, 0.2) is 0 Å². The molecule has 1 N–H and O–H groups in total. The number of nitrogens with zero attached hydrogens (tertiary/aromatic N) is 5. The van der Waals surface area contributed by atoms with E-state index in [9.17, 15) is 18.0 Å². The number of piperidine rings is 1. The van der Waals surface area contributed by atoms with Gasteiger partial charge in [-0.3, -0.25) is 4.79 Å². The summed E-state index contributed by atoms with van der Waals surface area (Å²) in [4.78, 5) is 24.7. The van der Waals surface area contributed by atoms with Gasteiger partial charge in [0, 0.05) is 19.3 Å². The average molecular weight is 437 g/mol. The predicted octanol–water partition coefficient (Wildman–Crippen LogP) is 4.74. The summed E-state index contributed by atoms with van der Waals surface area (Å²) in [5.41, 5.74) is -0.0665. The fraction of sp³-hybridized carbons (Fsp3) is 0.316. The molecule has 0 bridgehead atoms. The van der Waals surface area contributed by atoms with Gasteiger partial charge in [-0.15, -0.1) is 5.11 Å². The van der Waals surface area contributed by atoms with Crippen LogP contribution >= 0.6 is 11.6 Å². The number of azo groups is 1. The molecule has 0 saturated carbocycles. The zero-order chi connectivity index (χ0) is 21.3. The highest BCUT2D eigenvalue weighted by Crippen LogP contribution is 2.34. The zero-order valence-electron chi connectivity index (χ0n) is 15.5. The monoisotopic (exact) mass is 436 g/mol. The molecular weight excluding hydrogens is 421 g/mol. The summed E-state index contributed by atoms with van der Waals surface area (Å²) in [5, 5.41) is 8.21. The van der Waals surface area contributed by atoms with Gasteiger partial charge < -0.3 is 9.88 Å². The van der Waals surface area contributed by atoms with Gasteiger partial charge in [0.2, 0.25) is 5.82 Å². The summed E-state index contributed by atoms with van der Waals surface area (Å²) < 4.78 is 38.3. The molecule has 1 aromatic carbocycles. The molecule has 2 aromatic heterocycles. The summed E-state index contributed by atoms with van der Waals surface area (Å²) in [6, 6.07) is 7.87. The lowest BCUT2D eigenvalue weighted by Crippen LogP contribution is -2.36. The molecule has 1 aliphatic rings. The van der Waals surface area contributed by atoms with E-state index in [-0.39, 0.29) is 16.9 Å². The van der Waals surface area contributed by atoms with E-state index in [1.807, 2.05) is 11.0 Å². The lowest BCUT2D eigenvalue weighted by Gasteiger charge is -2.31. The number of para-hydroxylation sites is 2. The van der Waals surface area contributed by atoms with Crippen molar-refractivity contribution in [3.63, 3.8) is 0 Å². The van der Waals surface area contributed by atoms with Crippen LogP contribution in [-0.4, -0.2) is 34.1 Å². The fourth-order valence-corrected chi connectivity index (χ4v) is 3.52. The standard InChI is InChI=1S/C19H16ClF3N6O/c20-13-9-11(19(21,22)23)10-24-17(13)29-7-5-12(6-8-29)27-28-16-18(30)26-15-4-2-1-3-14(15)25-16/h1-4,9-10,12H,5-8H2,(H,26,30). The van der Waals surface area contributed by atoms with E-state index in [1.54, 1.807) is 18.2 Å². The molecule has 4 rings (SSSR count). The van der Waals surface area contributed by atoms with Gasteiger partial charge in [0.25, 0.3) is 5.56 Å². The quantitative estimate of drug-likeness (QED) is 0.600. The highest BCUT2D eigenvalue weighted by Gasteiger charge is 2.32. The number of hydrogen-bond acceptors (Lipinski definition) is 6. The van der Waals surface area contributed by atoms with Crippen molar-refractivity contribution in [2.24, 2.45) is 10.2 Å². The zero-order valence-corrected chi connectivity index (χ0v) is 16.3. The number of halogens is 4. The summed E-state index contributed by atoms with van der Waals surface area (Å²) in [5.74, 6) is 0.302. The molecule has 156 valence electrons. The Labute approximate surface area is 173 Å². The summed E-state index contributed by atoms with van der Waals surface area (Å²) in [7, 11) is 0. The normalized spacial score (nSPS) is 15.9. The molecule has 0 spiro atoms. The third-order valence-corrected chi connectivity index (χ3v) is 5.09. The van der Waals surface area contributed by atoms with Crippen LogP contribution in [0.5, 0.6) is 0 Å². The minimum Gasteiger partial charge on any atom is -0.355 e. The molecular formula is C19H16ClF3N6O. The Balaban J connectivity index is 1.43. The Bertz CT molecular complexity index is 1150. The minimum atomic E-state index is -4.49. The largest absolute Gasteiger partial charge is 0.417 e. The van der Waals surface area contributed by atoms with Crippen LogP contribution in [0.2, 0.25) is 5.02 Å². The van der Waals surface area contributed by atoms with Crippen molar-refractivity contribution in [2.75, 3.05) is 18.0 Å². The van der Waals surface area contributed by atoms with Gasteiger partial charge in [0.1, 0.15) is 5.82 Å². The number of H-pyrrole nitrogens is 1. The summed E-state index contributed by atoms with van der Waals surface area (Å²) >= 11 is 6.02. The molecule has 1 fully saturated rings. The molecule has 7 nitrogen and oxygen atoms in total. The minimum absolute atomic E-state index is 0.0106. The molecule has 0 unspecified atom stereocenters. The van der Waals surface area contributed by atoms with Crippen molar-refractivity contribution < 1.29 is 13.2 Å². The van der Waals surface area contributed by atoms with Crippen molar-refractivity contribution in [2.45, 2.75) is 25.1 Å². The number of aromatic nitrogens is 3. The Morgan fingerprint density at radius 2 is 1.93 bits per heavy atom. The molecule has 3 heterocycles. The van der Waals surface area contributed by atoms with E-state index < -0.39 is 17.3 Å². The van der Waals surface area contributed by atoms with Crippen molar-refractivity contribution in [1.82, 2.24) is 15.0 Å². The van der Waals surface area contributed by atoms with Crippen molar-refractivity contribution >= 4 is 34.3 Å². The van der Waals surface area contributed by atoms with Gasteiger partial charge in [-0.1, -0.05) is 23.7 Å². The van der Waals surface area contributed by atoms with Crippen molar-refractivity contribution in [3.8, 4) is 0 Å². The molecule has 0 amide bonds. The third kappa shape index (κ3) is 4.28. The number of fused-ring (bicyclic) bond motifs is 1. The molecule has 0 aliphatic carbocycles. The first kappa shape index (κ1) is 20.3. The first-order valence-corrected chi connectivity index (χ1v) is 9.56. The number of aromatic amines is 1. The van der Waals surface area contributed by atoms with Crippen LogP contribution in [0.1, 0.15) is 18.4 Å². The van der Waals surface area contributed by atoms with Crippen LogP contribution in [0.15, 0.2) is 51.6 Å². The smallest absolute Gasteiger partial charge is 0.355 e. The Hall–Kier alpha value is -3.01. The maximum absolute atomic E-state index is 12.8. The van der Waals surface area contributed by atoms with E-state index >= 15 is 0 Å². The van der Waals surface area contributed by atoms with Crippen LogP contribution in [0, 0.1) is 0 Å². The maximum Gasteiger partial charge on any atom is 0.417 e. The van der Waals surface area contributed by atoms with Crippen LogP contribution in [0.4, 0.5) is 24.8 Å². The van der Waals surface area contributed by atoms with Crippen molar-refractivity contribution in [3.05, 3.63) is 57.5 Å². The van der Waals surface area contributed by atoms with E-state index in [2.05, 4.69) is 25.2 Å². The summed E-state index contributed by atoms with van der Waals surface area (Å²) in [6.45, 7) is 1.01. The van der Waals surface area contributed by atoms with E-state index in [1.165, 1.54) is 0 Å². The Morgan fingerprint density at radius 1 is 1.20 bits per heavy atom. The lowest BCUT2D eigenvalue weighted by molar-refractivity contribution is -0.137. The number of alkyl halides is 3. The number of hydrogen-bond donors (Lipinski definition) is 1. The topological polar surface area (TPSA) is 86.6 Å². The number of rotatable bonds is 3. The molecule has 0 radical (unpaired) electrons. The van der Waals surface area contributed by atoms with E-state index in [0.29, 0.717) is 42.8 Å². The fourth-order valence-electron chi connectivity index (χ4n) is 3.24. The van der Waals surface area contributed by atoms with Crippen LogP contribution < -0.4 is 10.5 Å². The number of benzene rings is 1. The molecule has 0 atom stereocenters. The number of anilines is 1. The van der Waals surface area contributed by atoms with Crippen molar-refractivity contribution in [1.29, 1.82) is 0 Å². The van der Waals surface area contributed by atoms with E-state index in [4.69, 9.17) is 11.6 Å². The highest BCUT2D eigenvalue weighted by atomic mass is 35.5. The first-order valence-electron chi connectivity index (χ1n) is 9.19. The second-order valence-electron chi connectivity index (χ2n) is 6.87. The van der Waals surface area contributed by atoms with Gasteiger partial charge >= 0.3 is 6.18 Å². The summed E-state index contributed by atoms with van der Waals surface area (Å²) in [6.07, 6.45) is -2.52. The second-order valence-corrected chi connectivity index (χ2v) is 7.27. The maximum atomic E-state index is 12.8. The SMILES string of the molecule is O=c1[nH]c2ccccc2nc1N=NC1CCN(c2ncc(C(F)(F)F)cc2Cl)CC1. The van der Waals surface area contributed by atoms with Gasteiger partial charge in [-0.05, 0) is 31.0 Å². The van der Waals surface area contributed by atoms with Crippen LogP contribution in [0.3, 0.4) is 0 Å². The molecule has 1 aliphatic heterocycles. The first-order chi connectivity index (χ1) is 14.3.